The Morgan fingerprint density at radius 3 is 1.42 bits per heavy atom. The van der Waals surface area contributed by atoms with E-state index in [0.717, 1.165) is 0 Å². The Morgan fingerprint density at radius 1 is 0.444 bits per heavy atom. The van der Waals surface area contributed by atoms with Gasteiger partial charge in [-0.2, -0.15) is 0 Å². The maximum atomic E-state index is 2.53. The average Bonchev–Trinajstić information content (AvgIpc) is 3.52. The molecule has 0 amide bonds. The second kappa shape index (κ2) is 11.2. The van der Waals surface area contributed by atoms with Gasteiger partial charge in [-0.15, -0.1) is 0 Å². The van der Waals surface area contributed by atoms with Gasteiger partial charge < -0.3 is 0 Å². The zero-order valence-corrected chi connectivity index (χ0v) is 28.6. The zero-order valence-electron chi connectivity index (χ0n) is 24.4. The van der Waals surface area contributed by atoms with Crippen LogP contribution in [0.25, 0.3) is 10.5 Å². The fourth-order valence-corrected chi connectivity index (χ4v) is 12.3. The van der Waals surface area contributed by atoms with Gasteiger partial charge in [-0.05, 0) is 0 Å². The first-order valence-corrected chi connectivity index (χ1v) is 19.5. The Bertz CT molecular complexity index is 2060. The fourth-order valence-electron chi connectivity index (χ4n) is 7.17. The van der Waals surface area contributed by atoms with Gasteiger partial charge in [-0.3, -0.25) is 0 Å². The van der Waals surface area contributed by atoms with Gasteiger partial charge in [-0.1, -0.05) is 0 Å². The van der Waals surface area contributed by atoms with Gasteiger partial charge in [0.1, 0.15) is 0 Å². The van der Waals surface area contributed by atoms with E-state index in [1.165, 1.54) is 67.3 Å². The van der Waals surface area contributed by atoms with Crippen LogP contribution in [-0.4, -0.2) is 29.9 Å². The molecular formula is C42H28SSe2. The van der Waals surface area contributed by atoms with Gasteiger partial charge in [0, 0.05) is 0 Å². The summed E-state index contributed by atoms with van der Waals surface area (Å²) in [7, 11) is 0. The quantitative estimate of drug-likeness (QED) is 0.168. The van der Waals surface area contributed by atoms with Gasteiger partial charge in [0.25, 0.3) is 0 Å². The Kier molecular flexibility index (Phi) is 6.85. The third-order valence-electron chi connectivity index (χ3n) is 9.06. The molecule has 0 aromatic heterocycles. The molecule has 0 nitrogen and oxygen atoms in total. The van der Waals surface area contributed by atoms with Gasteiger partial charge in [-0.25, -0.2) is 0 Å². The predicted octanol–water partition coefficient (Wildman–Crippen LogP) is 6.94. The van der Waals surface area contributed by atoms with Crippen molar-refractivity contribution >= 4 is 70.0 Å². The molecule has 1 aliphatic heterocycles. The first-order valence-electron chi connectivity index (χ1n) is 15.3. The fraction of sp³-hybridized carbons (Fsp3) is 0.0476. The number of benzene rings is 6. The summed E-state index contributed by atoms with van der Waals surface area (Å²) in [6.45, 7) is 0. The van der Waals surface area contributed by atoms with Crippen molar-refractivity contribution in [2.24, 2.45) is 0 Å². The standard InChI is InChI=1S/C42H28SSe2/c1-3-11-30(12-4-1)44-32-23-19-28(20-24-32)39-27-38-40(29-21-25-33(26-22-29)45-31-13-5-2-6-14-31)41-34-15-7-9-17-36(34)42(38,43-39)37-18-10-8-16-35(37)41/h1-27,41H. The minimum absolute atomic E-state index is 0.229. The summed E-state index contributed by atoms with van der Waals surface area (Å²) in [4.78, 5) is 1.36. The molecule has 0 N–H and O–H groups in total. The van der Waals surface area contributed by atoms with Crippen LogP contribution in [0.15, 0.2) is 169 Å². The van der Waals surface area contributed by atoms with Crippen molar-refractivity contribution in [3.05, 3.63) is 203 Å². The Morgan fingerprint density at radius 2 is 0.889 bits per heavy atom. The van der Waals surface area contributed by atoms with Crippen LogP contribution in [0, 0.1) is 0 Å². The molecule has 6 aromatic carbocycles. The zero-order chi connectivity index (χ0) is 29.8. The molecular weight excluding hydrogens is 694 g/mol. The van der Waals surface area contributed by atoms with E-state index in [1.807, 2.05) is 11.8 Å². The van der Waals surface area contributed by atoms with Crippen LogP contribution in [0.3, 0.4) is 0 Å². The van der Waals surface area contributed by atoms with Crippen LogP contribution in [0.4, 0.5) is 0 Å². The van der Waals surface area contributed by atoms with E-state index in [2.05, 4.69) is 164 Å². The van der Waals surface area contributed by atoms with Crippen molar-refractivity contribution in [1.29, 1.82) is 0 Å². The normalized spacial score (nSPS) is 19.1. The summed E-state index contributed by atoms with van der Waals surface area (Å²) >= 11 is 2.65. The second-order valence-corrected chi connectivity index (χ2v) is 17.7. The summed E-state index contributed by atoms with van der Waals surface area (Å²) < 4.78 is 5.40. The van der Waals surface area contributed by atoms with E-state index >= 15 is 0 Å². The molecule has 45 heavy (non-hydrogen) atoms. The topological polar surface area (TPSA) is 0 Å². The van der Waals surface area contributed by atoms with Crippen LogP contribution in [0.1, 0.15) is 39.3 Å². The number of thioether (sulfide) groups is 1. The summed E-state index contributed by atoms with van der Waals surface area (Å²) in [5.74, 6) is 0.229. The van der Waals surface area contributed by atoms with E-state index < -0.39 is 0 Å². The predicted molar refractivity (Wildman–Crippen MR) is 194 cm³/mol. The second-order valence-electron chi connectivity index (χ2n) is 11.6. The molecule has 0 saturated heterocycles. The molecule has 2 bridgehead atoms. The molecule has 4 aliphatic rings. The third kappa shape index (κ3) is 4.57. The molecule has 3 heteroatoms. The van der Waals surface area contributed by atoms with Crippen molar-refractivity contribution < 1.29 is 0 Å². The number of allylic oxidation sites excluding steroid dienone is 2. The average molecular weight is 723 g/mol. The van der Waals surface area contributed by atoms with Crippen LogP contribution in [-0.2, 0) is 4.75 Å². The molecule has 0 atom stereocenters. The maximum absolute atomic E-state index is 2.53. The number of hydrogen-bond donors (Lipinski definition) is 0. The minimum atomic E-state index is -0.244. The van der Waals surface area contributed by atoms with E-state index in [0.29, 0.717) is 29.9 Å². The Hall–Kier alpha value is -3.81. The van der Waals surface area contributed by atoms with E-state index in [4.69, 9.17) is 0 Å². The van der Waals surface area contributed by atoms with Crippen molar-refractivity contribution in [3.63, 3.8) is 0 Å². The van der Waals surface area contributed by atoms with Gasteiger partial charge in [0.2, 0.25) is 0 Å². The molecule has 10 rings (SSSR count). The van der Waals surface area contributed by atoms with E-state index in [9.17, 15) is 0 Å². The molecule has 0 fully saturated rings. The molecule has 3 aliphatic carbocycles. The summed E-state index contributed by atoms with van der Waals surface area (Å²) in [6.07, 6.45) is 2.53. The van der Waals surface area contributed by atoms with Crippen LogP contribution in [0.2, 0.25) is 0 Å². The SMILES string of the molecule is C1=C(c2ccc([Se]c3ccccc3)cc2)SC23C1=C(c1ccc([Se]c4ccccc4)cc1)C(c1ccccc12)c1ccccc13. The Balaban J connectivity index is 1.17. The van der Waals surface area contributed by atoms with Crippen LogP contribution in [0.5, 0.6) is 0 Å². The molecule has 0 saturated carbocycles. The van der Waals surface area contributed by atoms with Crippen LogP contribution < -0.4 is 17.8 Å². The Labute approximate surface area is 281 Å². The molecule has 0 unspecified atom stereocenters. The molecule has 214 valence electrons. The van der Waals surface area contributed by atoms with E-state index in [-0.39, 0.29) is 10.7 Å². The van der Waals surface area contributed by atoms with Crippen molar-refractivity contribution in [3.8, 4) is 0 Å². The summed E-state index contributed by atoms with van der Waals surface area (Å²) in [6, 6.07) is 59.0. The van der Waals surface area contributed by atoms with Gasteiger partial charge in [0.15, 0.2) is 0 Å². The first-order chi connectivity index (χ1) is 22.3. The number of hydrogen-bond acceptors (Lipinski definition) is 1. The van der Waals surface area contributed by atoms with Crippen molar-refractivity contribution in [1.82, 2.24) is 0 Å². The molecule has 1 spiro atoms. The van der Waals surface area contributed by atoms with Crippen LogP contribution >= 0.6 is 11.8 Å². The molecule has 0 radical (unpaired) electrons. The summed E-state index contributed by atoms with van der Waals surface area (Å²) in [5, 5.41) is 0. The first kappa shape index (κ1) is 27.5. The van der Waals surface area contributed by atoms with Crippen molar-refractivity contribution in [2.45, 2.75) is 10.7 Å². The molecule has 1 heterocycles. The third-order valence-corrected chi connectivity index (χ3v) is 14.9. The van der Waals surface area contributed by atoms with Crippen molar-refractivity contribution in [2.75, 3.05) is 0 Å². The van der Waals surface area contributed by atoms with E-state index in [1.54, 1.807) is 0 Å². The van der Waals surface area contributed by atoms with Gasteiger partial charge >= 0.3 is 283 Å². The summed E-state index contributed by atoms with van der Waals surface area (Å²) in [5.41, 5.74) is 11.4. The number of rotatable bonds is 6. The molecule has 6 aromatic rings. The monoisotopic (exact) mass is 724 g/mol. The van der Waals surface area contributed by atoms with Gasteiger partial charge in [0.05, 0.1) is 0 Å².